The number of carbonyl (C=O) groups is 1. The fraction of sp³-hybridized carbons (Fsp3) is 0.0556. The summed E-state index contributed by atoms with van der Waals surface area (Å²) in [6, 6.07) is 14.5. The number of hydrogen-bond donors (Lipinski definition) is 2. The molecule has 2 aromatic carbocycles. The molecule has 0 aliphatic carbocycles. The summed E-state index contributed by atoms with van der Waals surface area (Å²) in [4.78, 5) is 17.1. The lowest BCUT2D eigenvalue weighted by Crippen LogP contribution is -2.14. The molecule has 3 aromatic rings. The number of carbonyl (C=O) groups excluding carboxylic acids is 1. The molecule has 3 N–H and O–H groups in total. The van der Waals surface area contributed by atoms with E-state index >= 15 is 0 Å². The Morgan fingerprint density at radius 1 is 1.32 bits per heavy atom. The number of benzene rings is 2. The van der Waals surface area contributed by atoms with Gasteiger partial charge in [0.1, 0.15) is 11.8 Å². The Bertz CT molecular complexity index is 1000. The second kappa shape index (κ2) is 7.53. The number of nitrogens with zero attached hydrogens (tertiary/aromatic N) is 2. The third kappa shape index (κ3) is 3.91. The van der Waals surface area contributed by atoms with Crippen LogP contribution in [0.25, 0.3) is 10.8 Å². The number of hydrogen-bond acceptors (Lipinski definition) is 5. The Kier molecular flexibility index (Phi) is 5.19. The molecule has 7 heteroatoms. The quantitative estimate of drug-likeness (QED) is 0.681. The maximum Gasteiger partial charge on any atom is 0.228 e. The van der Waals surface area contributed by atoms with Crippen molar-refractivity contribution in [3.05, 3.63) is 64.9 Å². The summed E-state index contributed by atoms with van der Waals surface area (Å²) in [7, 11) is 0. The van der Waals surface area contributed by atoms with Gasteiger partial charge in [-0.1, -0.05) is 29.8 Å². The highest BCUT2D eigenvalue weighted by Gasteiger charge is 2.10. The molecular weight excluding hydrogens is 356 g/mol. The van der Waals surface area contributed by atoms with E-state index in [-0.39, 0.29) is 12.3 Å². The zero-order valence-electron chi connectivity index (χ0n) is 13.0. The average molecular weight is 369 g/mol. The Hall–Kier alpha value is -2.59. The molecule has 5 nitrogen and oxygen atoms in total. The number of nitrogens with one attached hydrogen (secondary N) is 1. The molecule has 0 saturated heterocycles. The van der Waals surface area contributed by atoms with Crippen molar-refractivity contribution in [1.82, 2.24) is 4.98 Å². The zero-order chi connectivity index (χ0) is 17.8. The van der Waals surface area contributed by atoms with Crippen molar-refractivity contribution >= 4 is 45.9 Å². The van der Waals surface area contributed by atoms with Gasteiger partial charge in [0.25, 0.3) is 0 Å². The highest BCUT2D eigenvalue weighted by Crippen LogP contribution is 2.29. The number of halogens is 1. The molecule has 1 amide bonds. The minimum absolute atomic E-state index is 0.175. The molecule has 124 valence electrons. The molecule has 0 aliphatic heterocycles. The lowest BCUT2D eigenvalue weighted by atomic mass is 10.1. The largest absolute Gasteiger partial charge is 0.326 e. The van der Waals surface area contributed by atoms with Crippen molar-refractivity contribution in [2.45, 2.75) is 11.3 Å². The van der Waals surface area contributed by atoms with Gasteiger partial charge in [-0.3, -0.25) is 9.93 Å². The van der Waals surface area contributed by atoms with Gasteiger partial charge in [-0.2, -0.15) is 5.26 Å². The molecule has 0 fully saturated rings. The van der Waals surface area contributed by atoms with E-state index < -0.39 is 0 Å². The number of aromatic nitrogens is 1. The Labute approximate surface area is 153 Å². The Morgan fingerprint density at radius 2 is 2.12 bits per heavy atom. The second-order valence-corrected chi connectivity index (χ2v) is 6.39. The molecule has 0 atom stereocenters. The van der Waals surface area contributed by atoms with Gasteiger partial charge < -0.3 is 5.32 Å². The van der Waals surface area contributed by atoms with Crippen LogP contribution in [0.1, 0.15) is 11.3 Å². The van der Waals surface area contributed by atoms with E-state index in [1.807, 2.05) is 24.3 Å². The minimum atomic E-state index is -0.179. The normalized spacial score (nSPS) is 10.4. The van der Waals surface area contributed by atoms with Gasteiger partial charge in [0.2, 0.25) is 5.91 Å². The minimum Gasteiger partial charge on any atom is -0.326 e. The number of nitriles is 1. The van der Waals surface area contributed by atoms with Gasteiger partial charge in [0.15, 0.2) is 0 Å². The Balaban J connectivity index is 1.87. The van der Waals surface area contributed by atoms with E-state index in [0.29, 0.717) is 16.4 Å². The van der Waals surface area contributed by atoms with Crippen LogP contribution in [-0.2, 0) is 11.2 Å². The molecule has 0 aliphatic rings. The van der Waals surface area contributed by atoms with Crippen LogP contribution in [0, 0.1) is 11.3 Å². The van der Waals surface area contributed by atoms with Crippen LogP contribution in [-0.4, -0.2) is 10.9 Å². The summed E-state index contributed by atoms with van der Waals surface area (Å²) >= 11 is 7.15. The molecule has 0 spiro atoms. The third-order valence-corrected chi connectivity index (χ3v) is 4.59. The highest BCUT2D eigenvalue weighted by molar-refractivity contribution is 7.97. The number of amides is 1. The van der Waals surface area contributed by atoms with Crippen LogP contribution < -0.4 is 10.5 Å². The van der Waals surface area contributed by atoms with Crippen molar-refractivity contribution in [3.8, 4) is 6.07 Å². The maximum absolute atomic E-state index is 12.3. The molecule has 1 heterocycles. The standard InChI is InChI=1S/C18H13ClN4OS/c19-16-4-2-1-3-11(16)6-18(24)23-13-5-12-10-22-14(9-20)7-15(12)17(8-13)25-21/h1-5,7-8,10H,6,21H2,(H,23,24). The summed E-state index contributed by atoms with van der Waals surface area (Å²) < 4.78 is 0. The topological polar surface area (TPSA) is 91.8 Å². The highest BCUT2D eigenvalue weighted by atomic mass is 35.5. The Morgan fingerprint density at radius 3 is 2.84 bits per heavy atom. The van der Waals surface area contributed by atoms with Crippen molar-refractivity contribution < 1.29 is 4.79 Å². The number of nitrogens with two attached hydrogens (primary N) is 1. The van der Waals surface area contributed by atoms with Gasteiger partial charge in [-0.25, -0.2) is 4.98 Å². The van der Waals surface area contributed by atoms with Crippen LogP contribution in [0.4, 0.5) is 5.69 Å². The molecule has 0 saturated carbocycles. The van der Waals surface area contributed by atoms with Crippen molar-refractivity contribution in [1.29, 1.82) is 5.26 Å². The van der Waals surface area contributed by atoms with E-state index in [1.54, 1.807) is 30.5 Å². The number of fused-ring (bicyclic) bond motifs is 1. The second-order valence-electron chi connectivity index (χ2n) is 5.31. The molecule has 3 rings (SSSR count). The van der Waals surface area contributed by atoms with Crippen molar-refractivity contribution in [2.24, 2.45) is 5.14 Å². The van der Waals surface area contributed by atoms with Crippen LogP contribution in [0.5, 0.6) is 0 Å². The first-order valence-electron chi connectivity index (χ1n) is 7.34. The van der Waals surface area contributed by atoms with Gasteiger partial charge >= 0.3 is 0 Å². The summed E-state index contributed by atoms with van der Waals surface area (Å²) in [6.45, 7) is 0. The first kappa shape index (κ1) is 17.2. The van der Waals surface area contributed by atoms with Crippen molar-refractivity contribution in [3.63, 3.8) is 0 Å². The maximum atomic E-state index is 12.3. The summed E-state index contributed by atoms with van der Waals surface area (Å²) in [5.41, 5.74) is 1.69. The lowest BCUT2D eigenvalue weighted by Gasteiger charge is -2.10. The first-order chi connectivity index (χ1) is 12.1. The van der Waals surface area contributed by atoms with Crippen LogP contribution in [0.15, 0.2) is 53.6 Å². The predicted molar refractivity (Wildman–Crippen MR) is 100 cm³/mol. The first-order valence-corrected chi connectivity index (χ1v) is 8.60. The molecule has 1 aromatic heterocycles. The fourth-order valence-electron chi connectivity index (χ4n) is 2.47. The predicted octanol–water partition coefficient (Wildman–Crippen LogP) is 3.91. The zero-order valence-corrected chi connectivity index (χ0v) is 14.6. The van der Waals surface area contributed by atoms with Gasteiger partial charge in [-0.05, 0) is 41.8 Å². The van der Waals surface area contributed by atoms with Gasteiger partial charge in [-0.15, -0.1) is 0 Å². The van der Waals surface area contributed by atoms with E-state index in [1.165, 1.54) is 0 Å². The fourth-order valence-corrected chi connectivity index (χ4v) is 3.17. The average Bonchev–Trinajstić information content (AvgIpc) is 2.62. The van der Waals surface area contributed by atoms with Gasteiger partial charge in [0.05, 0.1) is 6.42 Å². The molecule has 0 unspecified atom stereocenters. The molecule has 25 heavy (non-hydrogen) atoms. The van der Waals surface area contributed by atoms with Crippen molar-refractivity contribution in [2.75, 3.05) is 5.32 Å². The molecule has 0 bridgehead atoms. The SMILES string of the molecule is N#Cc1cc2c(SN)cc(NC(=O)Cc3ccccc3Cl)cc2cn1. The summed E-state index contributed by atoms with van der Waals surface area (Å²) in [6.07, 6.45) is 1.77. The lowest BCUT2D eigenvalue weighted by molar-refractivity contribution is -0.115. The van der Waals surface area contributed by atoms with E-state index in [4.69, 9.17) is 22.0 Å². The summed E-state index contributed by atoms with van der Waals surface area (Å²) in [5, 5.41) is 19.7. The number of pyridine rings is 1. The third-order valence-electron chi connectivity index (χ3n) is 3.63. The van der Waals surface area contributed by atoms with Crippen LogP contribution in [0.2, 0.25) is 5.02 Å². The number of anilines is 1. The van der Waals surface area contributed by atoms with E-state index in [0.717, 1.165) is 33.2 Å². The monoisotopic (exact) mass is 368 g/mol. The van der Waals surface area contributed by atoms with Crippen LogP contribution in [0.3, 0.4) is 0 Å². The smallest absolute Gasteiger partial charge is 0.228 e. The van der Waals surface area contributed by atoms with E-state index in [9.17, 15) is 4.79 Å². The molecule has 0 radical (unpaired) electrons. The van der Waals surface area contributed by atoms with E-state index in [2.05, 4.69) is 10.3 Å². The molecular formula is C18H13ClN4OS. The van der Waals surface area contributed by atoms with Gasteiger partial charge in [0, 0.05) is 32.6 Å². The summed E-state index contributed by atoms with van der Waals surface area (Å²) in [5.74, 6) is -0.179. The number of rotatable bonds is 4. The van der Waals surface area contributed by atoms with Crippen LogP contribution >= 0.6 is 23.5 Å².